The van der Waals surface area contributed by atoms with Crippen molar-refractivity contribution in [3.05, 3.63) is 48.5 Å². The van der Waals surface area contributed by atoms with Crippen LogP contribution in [0.15, 0.2) is 48.5 Å². The van der Waals surface area contributed by atoms with Gasteiger partial charge in [0.25, 0.3) is 0 Å². The van der Waals surface area contributed by atoms with Crippen LogP contribution in [0, 0.1) is 0 Å². The number of nitrogens with zero attached hydrogens (tertiary/aromatic N) is 1. The SMILES string of the molecule is CC(C)(C)N1c2ccccc2[Se]c2ccccc21. The molecule has 1 nitrogen and oxygen atoms in total. The van der Waals surface area contributed by atoms with Gasteiger partial charge in [0.15, 0.2) is 0 Å². The number of fused-ring (bicyclic) bond motifs is 2. The van der Waals surface area contributed by atoms with E-state index in [9.17, 15) is 0 Å². The standard InChI is InChI=1S/C16H17NSe/c1-16(2,3)17-12-8-4-6-10-14(12)18-15-11-7-5-9-13(15)17/h4-11H,1-3H3. The van der Waals surface area contributed by atoms with E-state index in [1.54, 1.807) is 0 Å². The third kappa shape index (κ3) is 1.86. The van der Waals surface area contributed by atoms with Crippen LogP contribution in [0.3, 0.4) is 0 Å². The van der Waals surface area contributed by atoms with E-state index in [1.807, 2.05) is 0 Å². The van der Waals surface area contributed by atoms with Crippen LogP contribution in [-0.2, 0) is 0 Å². The predicted octanol–water partition coefficient (Wildman–Crippen LogP) is 2.59. The van der Waals surface area contributed by atoms with Crippen molar-refractivity contribution in [2.24, 2.45) is 0 Å². The molecular weight excluding hydrogens is 285 g/mol. The molecule has 0 aromatic heterocycles. The molecule has 0 atom stereocenters. The second-order valence-corrected chi connectivity index (χ2v) is 7.82. The van der Waals surface area contributed by atoms with Gasteiger partial charge in [0.1, 0.15) is 0 Å². The Balaban J connectivity index is 2.24. The summed E-state index contributed by atoms with van der Waals surface area (Å²) < 4.78 is 2.97. The first-order chi connectivity index (χ1) is 8.57. The molecule has 0 aliphatic carbocycles. The molecule has 0 N–H and O–H groups in total. The van der Waals surface area contributed by atoms with Crippen molar-refractivity contribution in [3.8, 4) is 0 Å². The molecule has 1 aliphatic heterocycles. The Labute approximate surface area is 115 Å². The molecule has 1 heterocycles. The van der Waals surface area contributed by atoms with Crippen molar-refractivity contribution >= 4 is 35.3 Å². The second-order valence-electron chi connectivity index (χ2n) is 5.54. The molecule has 2 heteroatoms. The van der Waals surface area contributed by atoms with E-state index in [0.29, 0.717) is 15.0 Å². The third-order valence-corrected chi connectivity index (χ3v) is 5.47. The summed E-state index contributed by atoms with van der Waals surface area (Å²) in [6.45, 7) is 6.83. The molecule has 3 rings (SSSR count). The van der Waals surface area contributed by atoms with Crippen LogP contribution < -0.4 is 13.8 Å². The first-order valence-corrected chi connectivity index (χ1v) is 7.95. The topological polar surface area (TPSA) is 3.24 Å². The monoisotopic (exact) mass is 303 g/mol. The quantitative estimate of drug-likeness (QED) is 0.676. The van der Waals surface area contributed by atoms with E-state index < -0.39 is 0 Å². The Morgan fingerprint density at radius 3 is 1.67 bits per heavy atom. The second kappa shape index (κ2) is 4.15. The molecule has 2 aromatic carbocycles. The zero-order valence-electron chi connectivity index (χ0n) is 11.0. The summed E-state index contributed by atoms with van der Waals surface area (Å²) in [5.74, 6) is 0. The van der Waals surface area contributed by atoms with Gasteiger partial charge in [0.05, 0.1) is 0 Å². The van der Waals surface area contributed by atoms with E-state index in [1.165, 1.54) is 20.3 Å². The first kappa shape index (κ1) is 11.8. The predicted molar refractivity (Wildman–Crippen MR) is 79.8 cm³/mol. The minimum absolute atomic E-state index is 0.0999. The van der Waals surface area contributed by atoms with Crippen molar-refractivity contribution in [2.75, 3.05) is 4.90 Å². The van der Waals surface area contributed by atoms with Gasteiger partial charge in [-0.05, 0) is 0 Å². The maximum absolute atomic E-state index is 2.48. The molecule has 0 saturated heterocycles. The van der Waals surface area contributed by atoms with E-state index in [4.69, 9.17) is 0 Å². The number of hydrogen-bond donors (Lipinski definition) is 0. The van der Waals surface area contributed by atoms with Crippen LogP contribution in [0.4, 0.5) is 11.4 Å². The summed E-state index contributed by atoms with van der Waals surface area (Å²) in [6.07, 6.45) is 0. The summed E-state index contributed by atoms with van der Waals surface area (Å²) in [6, 6.07) is 17.6. The summed E-state index contributed by atoms with van der Waals surface area (Å²) >= 11 is 0.426. The van der Waals surface area contributed by atoms with Gasteiger partial charge >= 0.3 is 115 Å². The molecular formula is C16H17NSe. The Bertz CT molecular complexity index is 538. The zero-order valence-corrected chi connectivity index (χ0v) is 12.7. The molecule has 0 unspecified atom stereocenters. The van der Waals surface area contributed by atoms with Gasteiger partial charge < -0.3 is 0 Å². The van der Waals surface area contributed by atoms with Gasteiger partial charge in [-0.25, -0.2) is 0 Å². The number of rotatable bonds is 0. The van der Waals surface area contributed by atoms with E-state index in [2.05, 4.69) is 74.2 Å². The third-order valence-electron chi connectivity index (χ3n) is 3.10. The Morgan fingerprint density at radius 1 is 0.778 bits per heavy atom. The summed E-state index contributed by atoms with van der Waals surface area (Å²) in [4.78, 5) is 2.48. The van der Waals surface area contributed by atoms with Crippen molar-refractivity contribution in [2.45, 2.75) is 26.3 Å². The normalized spacial score (nSPS) is 14.1. The molecule has 0 amide bonds. The average Bonchev–Trinajstić information content (AvgIpc) is 2.34. The van der Waals surface area contributed by atoms with Crippen molar-refractivity contribution in [3.63, 3.8) is 0 Å². The molecule has 0 spiro atoms. The molecule has 0 saturated carbocycles. The molecule has 0 fully saturated rings. The summed E-state index contributed by atoms with van der Waals surface area (Å²) in [5.41, 5.74) is 2.86. The maximum atomic E-state index is 2.48. The van der Waals surface area contributed by atoms with Gasteiger partial charge in [-0.15, -0.1) is 0 Å². The number of para-hydroxylation sites is 2. The minimum atomic E-state index is 0.0999. The van der Waals surface area contributed by atoms with Gasteiger partial charge in [0.2, 0.25) is 0 Å². The van der Waals surface area contributed by atoms with Crippen molar-refractivity contribution in [1.29, 1.82) is 0 Å². The fourth-order valence-corrected chi connectivity index (χ4v) is 4.65. The van der Waals surface area contributed by atoms with Crippen LogP contribution in [-0.4, -0.2) is 20.5 Å². The van der Waals surface area contributed by atoms with Crippen molar-refractivity contribution in [1.82, 2.24) is 0 Å². The molecule has 92 valence electrons. The van der Waals surface area contributed by atoms with Crippen LogP contribution >= 0.6 is 0 Å². The van der Waals surface area contributed by atoms with Gasteiger partial charge in [-0.3, -0.25) is 0 Å². The average molecular weight is 302 g/mol. The number of hydrogen-bond acceptors (Lipinski definition) is 1. The van der Waals surface area contributed by atoms with E-state index >= 15 is 0 Å². The van der Waals surface area contributed by atoms with Crippen LogP contribution in [0.2, 0.25) is 0 Å². The summed E-state index contributed by atoms with van der Waals surface area (Å²) in [7, 11) is 0. The fourth-order valence-electron chi connectivity index (χ4n) is 2.43. The van der Waals surface area contributed by atoms with Crippen LogP contribution in [0.5, 0.6) is 0 Å². The van der Waals surface area contributed by atoms with E-state index in [0.717, 1.165) is 0 Å². The van der Waals surface area contributed by atoms with Gasteiger partial charge in [0, 0.05) is 0 Å². The molecule has 0 bridgehead atoms. The van der Waals surface area contributed by atoms with Gasteiger partial charge in [-0.1, -0.05) is 0 Å². The van der Waals surface area contributed by atoms with Crippen LogP contribution in [0.1, 0.15) is 20.8 Å². The fraction of sp³-hybridized carbons (Fsp3) is 0.250. The zero-order chi connectivity index (χ0) is 12.8. The molecule has 2 aromatic rings. The Morgan fingerprint density at radius 2 is 1.22 bits per heavy atom. The Hall–Kier alpha value is -1.24. The van der Waals surface area contributed by atoms with Gasteiger partial charge in [-0.2, -0.15) is 0 Å². The molecule has 0 radical (unpaired) electrons. The Kier molecular flexibility index (Phi) is 2.73. The first-order valence-electron chi connectivity index (χ1n) is 6.23. The molecule has 18 heavy (non-hydrogen) atoms. The summed E-state index contributed by atoms with van der Waals surface area (Å²) in [5, 5.41) is 0. The number of benzene rings is 2. The molecule has 1 aliphatic rings. The number of anilines is 2. The van der Waals surface area contributed by atoms with Crippen LogP contribution in [0.25, 0.3) is 0 Å². The van der Waals surface area contributed by atoms with E-state index in [-0.39, 0.29) is 5.54 Å². The van der Waals surface area contributed by atoms with Crippen molar-refractivity contribution < 1.29 is 0 Å².